The van der Waals surface area contributed by atoms with Crippen LogP contribution in [0.15, 0.2) is 35.5 Å². The van der Waals surface area contributed by atoms with Crippen LogP contribution in [0.5, 0.6) is 5.88 Å². The summed E-state index contributed by atoms with van der Waals surface area (Å²) < 4.78 is 73.0. The molecule has 12 heteroatoms. The molecule has 0 unspecified atom stereocenters. The molecule has 0 bridgehead atoms. The number of nitrogens with zero attached hydrogens (tertiary/aromatic N) is 4. The predicted octanol–water partition coefficient (Wildman–Crippen LogP) is 3.55. The first-order valence-corrected chi connectivity index (χ1v) is 12.5. The SMILES string of the molecule is O=S(=O)(c1ccc(Cl)c(C(F)(F)F)c1)N1CCN2C[C@@H](Oc3cnc(C4CC4)cn3)C[C@H]2C1. The summed E-state index contributed by atoms with van der Waals surface area (Å²) in [6, 6.07) is 2.60. The lowest BCUT2D eigenvalue weighted by molar-refractivity contribution is -0.137. The van der Waals surface area contributed by atoms with Gasteiger partial charge in [0.15, 0.2) is 0 Å². The fraction of sp³-hybridized carbons (Fsp3) is 0.524. The van der Waals surface area contributed by atoms with E-state index in [9.17, 15) is 21.6 Å². The Kier molecular flexibility index (Phi) is 5.79. The van der Waals surface area contributed by atoms with Crippen LogP contribution < -0.4 is 4.74 Å². The van der Waals surface area contributed by atoms with Gasteiger partial charge in [-0.3, -0.25) is 9.88 Å². The molecule has 0 amide bonds. The molecule has 33 heavy (non-hydrogen) atoms. The zero-order chi connectivity index (χ0) is 23.4. The maximum atomic E-state index is 13.2. The number of halogens is 4. The number of piperazine rings is 1. The Morgan fingerprint density at radius 2 is 1.88 bits per heavy atom. The average molecular weight is 503 g/mol. The molecule has 7 nitrogen and oxygen atoms in total. The van der Waals surface area contributed by atoms with E-state index in [2.05, 4.69) is 14.9 Å². The monoisotopic (exact) mass is 502 g/mol. The second-order valence-electron chi connectivity index (χ2n) is 8.68. The van der Waals surface area contributed by atoms with Gasteiger partial charge >= 0.3 is 6.18 Å². The zero-order valence-corrected chi connectivity index (χ0v) is 19.1. The van der Waals surface area contributed by atoms with Gasteiger partial charge in [-0.2, -0.15) is 17.5 Å². The lowest BCUT2D eigenvalue weighted by Crippen LogP contribution is -2.51. The Bertz CT molecular complexity index is 1140. The number of ether oxygens (including phenoxy) is 1. The topological polar surface area (TPSA) is 75.6 Å². The Hall–Kier alpha value is -1.95. The van der Waals surface area contributed by atoms with E-state index in [0.29, 0.717) is 37.4 Å². The molecule has 2 saturated heterocycles. The van der Waals surface area contributed by atoms with Crippen molar-refractivity contribution in [1.29, 1.82) is 0 Å². The minimum Gasteiger partial charge on any atom is -0.472 e. The van der Waals surface area contributed by atoms with E-state index < -0.39 is 31.7 Å². The number of sulfonamides is 1. The van der Waals surface area contributed by atoms with Crippen molar-refractivity contribution in [2.75, 3.05) is 26.2 Å². The molecule has 3 heterocycles. The number of benzene rings is 1. The maximum absolute atomic E-state index is 13.2. The van der Waals surface area contributed by atoms with E-state index >= 15 is 0 Å². The molecule has 0 N–H and O–H groups in total. The van der Waals surface area contributed by atoms with E-state index in [-0.39, 0.29) is 25.2 Å². The Morgan fingerprint density at radius 3 is 2.55 bits per heavy atom. The molecular formula is C21H22ClF3N4O3S. The number of hydrogen-bond acceptors (Lipinski definition) is 6. The van der Waals surface area contributed by atoms with Crippen molar-refractivity contribution in [1.82, 2.24) is 19.2 Å². The molecular weight excluding hydrogens is 481 g/mol. The van der Waals surface area contributed by atoms with Gasteiger partial charge in [0.1, 0.15) is 6.10 Å². The zero-order valence-electron chi connectivity index (χ0n) is 17.5. The molecule has 0 radical (unpaired) electrons. The van der Waals surface area contributed by atoms with Gasteiger partial charge in [0.05, 0.1) is 33.6 Å². The van der Waals surface area contributed by atoms with Crippen LogP contribution in [0.3, 0.4) is 0 Å². The van der Waals surface area contributed by atoms with Gasteiger partial charge in [0.25, 0.3) is 0 Å². The minimum absolute atomic E-state index is 0.0911. The minimum atomic E-state index is -4.74. The Labute approximate surface area is 194 Å². The number of fused-ring (bicyclic) bond motifs is 1. The van der Waals surface area contributed by atoms with E-state index in [4.69, 9.17) is 16.3 Å². The smallest absolute Gasteiger partial charge is 0.417 e. The van der Waals surface area contributed by atoms with Crippen LogP contribution in [0.1, 0.15) is 36.4 Å². The lowest BCUT2D eigenvalue weighted by atomic mass is 10.2. The van der Waals surface area contributed by atoms with Crippen LogP contribution in [-0.4, -0.2) is 65.9 Å². The normalized spacial score (nSPS) is 24.6. The number of aromatic nitrogens is 2. The van der Waals surface area contributed by atoms with Crippen molar-refractivity contribution >= 4 is 21.6 Å². The summed E-state index contributed by atoms with van der Waals surface area (Å²) in [5, 5.41) is -0.532. The van der Waals surface area contributed by atoms with E-state index in [1.165, 1.54) is 4.31 Å². The summed E-state index contributed by atoms with van der Waals surface area (Å²) in [5.41, 5.74) is -0.185. The second kappa shape index (κ2) is 8.37. The molecule has 1 saturated carbocycles. The van der Waals surface area contributed by atoms with E-state index in [0.717, 1.165) is 30.7 Å². The molecule has 1 aromatic carbocycles. The van der Waals surface area contributed by atoms with Crippen LogP contribution >= 0.6 is 11.6 Å². The number of hydrogen-bond donors (Lipinski definition) is 0. The van der Waals surface area contributed by atoms with Crippen molar-refractivity contribution in [3.8, 4) is 5.88 Å². The third-order valence-electron chi connectivity index (χ3n) is 6.35. The molecule has 5 rings (SSSR count). The summed E-state index contributed by atoms with van der Waals surface area (Å²) in [4.78, 5) is 10.5. The van der Waals surface area contributed by atoms with Gasteiger partial charge in [-0.05, 0) is 31.0 Å². The van der Waals surface area contributed by atoms with Crippen molar-refractivity contribution in [3.05, 3.63) is 46.9 Å². The Morgan fingerprint density at radius 1 is 1.09 bits per heavy atom. The second-order valence-corrected chi connectivity index (χ2v) is 11.0. The van der Waals surface area contributed by atoms with E-state index in [1.54, 1.807) is 12.4 Å². The van der Waals surface area contributed by atoms with Crippen molar-refractivity contribution in [2.24, 2.45) is 0 Å². The van der Waals surface area contributed by atoms with Crippen molar-refractivity contribution in [3.63, 3.8) is 0 Å². The molecule has 0 spiro atoms. The molecule has 2 atom stereocenters. The first-order valence-electron chi connectivity index (χ1n) is 10.7. The van der Waals surface area contributed by atoms with E-state index in [1.807, 2.05) is 0 Å². The van der Waals surface area contributed by atoms with Crippen LogP contribution in [0.2, 0.25) is 5.02 Å². The van der Waals surface area contributed by atoms with Gasteiger partial charge in [-0.1, -0.05) is 11.6 Å². The molecule has 3 fully saturated rings. The fourth-order valence-electron chi connectivity index (χ4n) is 4.45. The Balaban J connectivity index is 1.26. The standard InChI is InChI=1S/C21H22ClF3N4O3S/c22-18-4-3-16(8-17(18)21(23,24)25)33(30,31)29-6-5-28-12-15(7-14(28)11-29)32-20-10-26-19(9-27-20)13-1-2-13/h3-4,8-10,13-15H,1-2,5-7,11-12H2/t14-,15-/m0/s1. The quantitative estimate of drug-likeness (QED) is 0.622. The first kappa shape index (κ1) is 22.8. The number of alkyl halides is 3. The maximum Gasteiger partial charge on any atom is 0.417 e. The fourth-order valence-corrected chi connectivity index (χ4v) is 6.17. The number of rotatable bonds is 5. The van der Waals surface area contributed by atoms with Crippen molar-refractivity contribution in [2.45, 2.75) is 48.4 Å². The highest BCUT2D eigenvalue weighted by Gasteiger charge is 2.42. The van der Waals surface area contributed by atoms with Crippen LogP contribution in [0.4, 0.5) is 13.2 Å². The summed E-state index contributed by atoms with van der Waals surface area (Å²) >= 11 is 5.64. The van der Waals surface area contributed by atoms with Gasteiger partial charge in [-0.15, -0.1) is 0 Å². The molecule has 178 valence electrons. The lowest BCUT2D eigenvalue weighted by Gasteiger charge is -2.36. The predicted molar refractivity (Wildman–Crippen MR) is 114 cm³/mol. The highest BCUT2D eigenvalue weighted by atomic mass is 35.5. The molecule has 2 aromatic rings. The summed E-state index contributed by atoms with van der Waals surface area (Å²) in [5.74, 6) is 0.947. The summed E-state index contributed by atoms with van der Waals surface area (Å²) in [7, 11) is -4.10. The van der Waals surface area contributed by atoms with Crippen LogP contribution in [-0.2, 0) is 16.2 Å². The molecule has 2 aliphatic heterocycles. The van der Waals surface area contributed by atoms with Gasteiger partial charge in [-0.25, -0.2) is 13.4 Å². The third kappa shape index (κ3) is 4.68. The van der Waals surface area contributed by atoms with Gasteiger partial charge in [0.2, 0.25) is 15.9 Å². The summed E-state index contributed by atoms with van der Waals surface area (Å²) in [6.07, 6.45) is 1.34. The highest BCUT2D eigenvalue weighted by Crippen LogP contribution is 2.39. The van der Waals surface area contributed by atoms with Crippen LogP contribution in [0.25, 0.3) is 0 Å². The molecule has 1 aliphatic carbocycles. The highest BCUT2D eigenvalue weighted by molar-refractivity contribution is 7.89. The average Bonchev–Trinajstić information content (AvgIpc) is 3.53. The first-order chi connectivity index (χ1) is 15.6. The summed E-state index contributed by atoms with van der Waals surface area (Å²) in [6.45, 7) is 1.46. The third-order valence-corrected chi connectivity index (χ3v) is 8.54. The largest absolute Gasteiger partial charge is 0.472 e. The molecule has 3 aliphatic rings. The molecule has 1 aromatic heterocycles. The van der Waals surface area contributed by atoms with Crippen LogP contribution in [0, 0.1) is 0 Å². The van der Waals surface area contributed by atoms with Crippen molar-refractivity contribution < 1.29 is 26.3 Å². The van der Waals surface area contributed by atoms with Gasteiger partial charge in [0, 0.05) is 44.6 Å². The van der Waals surface area contributed by atoms with Gasteiger partial charge < -0.3 is 4.74 Å².